The van der Waals surface area contributed by atoms with Gasteiger partial charge >= 0.3 is 0 Å². The maximum Gasteiger partial charge on any atom is 0.147 e. The molecule has 0 aliphatic rings. The van der Waals surface area contributed by atoms with Crippen LogP contribution in [0.5, 0.6) is 5.75 Å². The summed E-state index contributed by atoms with van der Waals surface area (Å²) in [5, 5.41) is 1.46. The minimum absolute atomic E-state index is 0.285. The van der Waals surface area contributed by atoms with Crippen LogP contribution in [0.15, 0.2) is 36.4 Å². The van der Waals surface area contributed by atoms with Gasteiger partial charge in [-0.1, -0.05) is 24.3 Å². The molecule has 78 valence electrons. The van der Waals surface area contributed by atoms with Gasteiger partial charge in [-0.3, -0.25) is 0 Å². The molecule has 0 radical (unpaired) electrons. The molecule has 2 rings (SSSR count). The van der Waals surface area contributed by atoms with Crippen LogP contribution in [0.2, 0.25) is 0 Å². The van der Waals surface area contributed by atoms with E-state index in [1.165, 1.54) is 6.07 Å². The highest BCUT2D eigenvalue weighted by molar-refractivity contribution is 7.74. The van der Waals surface area contributed by atoms with E-state index in [-0.39, 0.29) is 5.75 Å². The van der Waals surface area contributed by atoms with Crippen LogP contribution in [-0.2, 0) is 11.4 Å². The van der Waals surface area contributed by atoms with Crippen molar-refractivity contribution >= 4 is 27.8 Å². The van der Waals surface area contributed by atoms with E-state index in [9.17, 15) is 8.76 Å². The Bertz CT molecular complexity index is 527. The molecule has 0 spiro atoms. The average molecular weight is 222 g/mol. The lowest BCUT2D eigenvalue weighted by molar-refractivity contribution is 0.442. The molecule has 0 aromatic heterocycles. The van der Waals surface area contributed by atoms with Gasteiger partial charge in [0.25, 0.3) is 0 Å². The Kier molecular flexibility index (Phi) is 2.57. The third-order valence-electron chi connectivity index (χ3n) is 2.08. The van der Waals surface area contributed by atoms with E-state index in [2.05, 4.69) is 4.18 Å². The van der Waals surface area contributed by atoms with E-state index in [4.69, 9.17) is 5.73 Å². The summed E-state index contributed by atoms with van der Waals surface area (Å²) >= 11 is -2.57. The molecule has 0 aliphatic heterocycles. The fraction of sp³-hybridized carbons (Fsp3) is 0. The standard InChI is InChI=1S/C10H9NO3S/c11-9-5-6-10(14-15(12)13)8-4-2-1-3-7(8)9/h1-6H,11H2,(H,12,13)/p-1. The maximum atomic E-state index is 10.4. The van der Waals surface area contributed by atoms with Gasteiger partial charge in [-0.2, -0.15) is 0 Å². The Morgan fingerprint density at radius 3 is 2.47 bits per heavy atom. The minimum atomic E-state index is -2.57. The Hall–Kier alpha value is -1.59. The van der Waals surface area contributed by atoms with E-state index >= 15 is 0 Å². The van der Waals surface area contributed by atoms with Crippen LogP contribution < -0.4 is 9.92 Å². The molecule has 2 aromatic carbocycles. The largest absolute Gasteiger partial charge is 0.740 e. The number of benzene rings is 2. The van der Waals surface area contributed by atoms with Crippen molar-refractivity contribution in [2.45, 2.75) is 0 Å². The van der Waals surface area contributed by atoms with Gasteiger partial charge in [0, 0.05) is 16.5 Å². The zero-order chi connectivity index (χ0) is 10.8. The summed E-state index contributed by atoms with van der Waals surface area (Å²) in [6.07, 6.45) is 0. The Morgan fingerprint density at radius 2 is 1.80 bits per heavy atom. The van der Waals surface area contributed by atoms with Gasteiger partial charge in [0.1, 0.15) is 17.1 Å². The first-order chi connectivity index (χ1) is 7.18. The summed E-state index contributed by atoms with van der Waals surface area (Å²) in [5.74, 6) is 0.285. The highest BCUT2D eigenvalue weighted by Gasteiger charge is 2.04. The molecular weight excluding hydrogens is 214 g/mol. The van der Waals surface area contributed by atoms with Crippen LogP contribution in [0, 0.1) is 0 Å². The fourth-order valence-corrected chi connectivity index (χ4v) is 1.73. The molecule has 2 N–H and O–H groups in total. The Morgan fingerprint density at radius 1 is 1.13 bits per heavy atom. The van der Waals surface area contributed by atoms with Gasteiger partial charge in [0.15, 0.2) is 0 Å². The molecule has 2 aromatic rings. The third kappa shape index (κ3) is 1.93. The smallest absolute Gasteiger partial charge is 0.147 e. The number of rotatable bonds is 2. The van der Waals surface area contributed by atoms with Crippen LogP contribution in [0.3, 0.4) is 0 Å². The molecule has 0 bridgehead atoms. The van der Waals surface area contributed by atoms with E-state index in [1.54, 1.807) is 18.2 Å². The van der Waals surface area contributed by atoms with Crippen molar-refractivity contribution in [1.82, 2.24) is 0 Å². The van der Waals surface area contributed by atoms with Crippen molar-refractivity contribution in [3.05, 3.63) is 36.4 Å². The highest BCUT2D eigenvalue weighted by atomic mass is 32.2. The zero-order valence-corrected chi connectivity index (χ0v) is 8.49. The second kappa shape index (κ2) is 3.88. The monoisotopic (exact) mass is 222 g/mol. The SMILES string of the molecule is Nc1ccc(OS(=O)[O-])c2ccccc12. The summed E-state index contributed by atoms with van der Waals surface area (Å²) in [7, 11) is 0. The number of anilines is 1. The Balaban J connectivity index is 2.66. The highest BCUT2D eigenvalue weighted by Crippen LogP contribution is 2.29. The summed E-state index contributed by atoms with van der Waals surface area (Å²) in [6.45, 7) is 0. The van der Waals surface area contributed by atoms with Gasteiger partial charge < -0.3 is 14.5 Å². The predicted molar refractivity (Wildman–Crippen MR) is 57.9 cm³/mol. The third-order valence-corrected chi connectivity index (χ3v) is 2.39. The topological polar surface area (TPSA) is 75.4 Å². The Labute approximate surface area is 89.2 Å². The molecular formula is C10H8NO3S-. The van der Waals surface area contributed by atoms with Crippen molar-refractivity contribution in [3.63, 3.8) is 0 Å². The first-order valence-corrected chi connectivity index (χ1v) is 5.23. The quantitative estimate of drug-likeness (QED) is 0.618. The van der Waals surface area contributed by atoms with E-state index in [0.29, 0.717) is 11.1 Å². The van der Waals surface area contributed by atoms with Crippen molar-refractivity contribution in [1.29, 1.82) is 0 Å². The van der Waals surface area contributed by atoms with Crippen LogP contribution in [0.25, 0.3) is 10.8 Å². The molecule has 0 saturated heterocycles. The van der Waals surface area contributed by atoms with Gasteiger partial charge in [0.2, 0.25) is 0 Å². The van der Waals surface area contributed by atoms with Crippen molar-refractivity contribution in [3.8, 4) is 5.75 Å². The van der Waals surface area contributed by atoms with Crippen LogP contribution in [-0.4, -0.2) is 8.76 Å². The van der Waals surface area contributed by atoms with E-state index < -0.39 is 11.4 Å². The van der Waals surface area contributed by atoms with Gasteiger partial charge in [0.05, 0.1) is 0 Å². The van der Waals surface area contributed by atoms with Crippen molar-refractivity contribution < 1.29 is 12.9 Å². The van der Waals surface area contributed by atoms with Crippen molar-refractivity contribution in [2.75, 3.05) is 5.73 Å². The first-order valence-electron chi connectivity index (χ1n) is 4.23. The van der Waals surface area contributed by atoms with Crippen LogP contribution >= 0.6 is 0 Å². The second-order valence-electron chi connectivity index (χ2n) is 2.99. The first kappa shape index (κ1) is 9.95. The molecule has 0 saturated carbocycles. The number of hydrogen-bond acceptors (Lipinski definition) is 4. The molecule has 4 nitrogen and oxygen atoms in total. The maximum absolute atomic E-state index is 10.4. The lowest BCUT2D eigenvalue weighted by atomic mass is 10.1. The predicted octanol–water partition coefficient (Wildman–Crippen LogP) is 1.59. The lowest BCUT2D eigenvalue weighted by Gasteiger charge is -2.10. The summed E-state index contributed by atoms with van der Waals surface area (Å²) < 4.78 is 25.5. The average Bonchev–Trinajstić information content (AvgIpc) is 2.22. The van der Waals surface area contributed by atoms with Gasteiger partial charge in [-0.15, -0.1) is 0 Å². The minimum Gasteiger partial charge on any atom is -0.740 e. The zero-order valence-electron chi connectivity index (χ0n) is 7.67. The number of nitrogen functional groups attached to an aromatic ring is 1. The van der Waals surface area contributed by atoms with Crippen LogP contribution in [0.4, 0.5) is 5.69 Å². The normalized spacial score (nSPS) is 12.6. The summed E-state index contributed by atoms with van der Waals surface area (Å²) in [5.41, 5.74) is 6.34. The molecule has 15 heavy (non-hydrogen) atoms. The molecule has 0 amide bonds. The number of hydrogen-bond donors (Lipinski definition) is 1. The molecule has 0 aliphatic carbocycles. The van der Waals surface area contributed by atoms with Gasteiger partial charge in [-0.25, -0.2) is 4.21 Å². The molecule has 1 atom stereocenters. The van der Waals surface area contributed by atoms with Crippen LogP contribution in [0.1, 0.15) is 0 Å². The molecule has 1 unspecified atom stereocenters. The molecule has 5 heteroatoms. The fourth-order valence-electron chi connectivity index (χ4n) is 1.44. The lowest BCUT2D eigenvalue weighted by Crippen LogP contribution is -1.99. The van der Waals surface area contributed by atoms with Gasteiger partial charge in [-0.05, 0) is 12.1 Å². The summed E-state index contributed by atoms with van der Waals surface area (Å²) in [4.78, 5) is 0. The molecule has 0 heterocycles. The molecule has 0 fully saturated rings. The van der Waals surface area contributed by atoms with E-state index in [0.717, 1.165) is 5.39 Å². The number of fused-ring (bicyclic) bond motifs is 1. The van der Waals surface area contributed by atoms with Crippen molar-refractivity contribution in [2.24, 2.45) is 0 Å². The van der Waals surface area contributed by atoms with E-state index in [1.807, 2.05) is 12.1 Å². The second-order valence-corrected chi connectivity index (χ2v) is 3.56. The number of nitrogens with two attached hydrogens (primary N) is 1. The summed E-state index contributed by atoms with van der Waals surface area (Å²) in [6, 6.07) is 10.3.